The number of carbonyl (C=O) groups is 2. The lowest BCUT2D eigenvalue weighted by molar-refractivity contribution is -0.158. The molecule has 0 aliphatic carbocycles. The van der Waals surface area contributed by atoms with E-state index in [4.69, 9.17) is 14.2 Å². The number of rotatable bonds is 11. The minimum Gasteiger partial charge on any atom is -0.497 e. The van der Waals surface area contributed by atoms with Crippen molar-refractivity contribution in [2.45, 2.75) is 65.1 Å². The molecule has 1 heterocycles. The Balaban J connectivity index is 1.94. The lowest BCUT2D eigenvalue weighted by Gasteiger charge is -2.26. The quantitative estimate of drug-likeness (QED) is 0.223. The van der Waals surface area contributed by atoms with Crippen LogP contribution in [0.2, 0.25) is 0 Å². The van der Waals surface area contributed by atoms with E-state index >= 15 is 0 Å². The molecule has 158 valence electrons. The third-order valence-corrected chi connectivity index (χ3v) is 5.46. The highest BCUT2D eigenvalue weighted by Crippen LogP contribution is 2.42. The van der Waals surface area contributed by atoms with Crippen molar-refractivity contribution < 1.29 is 23.8 Å². The highest BCUT2D eigenvalue weighted by molar-refractivity contribution is 6.00. The van der Waals surface area contributed by atoms with Gasteiger partial charge in [-0.2, -0.15) is 0 Å². The van der Waals surface area contributed by atoms with Crippen LogP contribution in [0.5, 0.6) is 5.75 Å². The third kappa shape index (κ3) is 5.72. The van der Waals surface area contributed by atoms with Gasteiger partial charge in [-0.1, -0.05) is 50.6 Å². The summed E-state index contributed by atoms with van der Waals surface area (Å²) in [5.74, 6) is -0.273. The molecule has 0 amide bonds. The van der Waals surface area contributed by atoms with Gasteiger partial charge in [0.25, 0.3) is 0 Å². The number of allylic oxidation sites excluding steroid dienone is 2. The largest absolute Gasteiger partial charge is 0.497 e. The number of unbranched alkanes of at least 4 members (excludes halogenated alkanes) is 3. The van der Waals surface area contributed by atoms with Crippen molar-refractivity contribution in [3.8, 4) is 5.75 Å². The van der Waals surface area contributed by atoms with Gasteiger partial charge in [-0.15, -0.1) is 0 Å². The van der Waals surface area contributed by atoms with Crippen LogP contribution in [0.1, 0.15) is 57.9 Å². The number of esters is 2. The lowest BCUT2D eigenvalue weighted by Crippen LogP contribution is -2.38. The van der Waals surface area contributed by atoms with E-state index in [1.54, 1.807) is 14.0 Å². The summed E-state index contributed by atoms with van der Waals surface area (Å²) < 4.78 is 16.1. The Morgan fingerprint density at radius 2 is 1.90 bits per heavy atom. The number of hydrogen-bond donors (Lipinski definition) is 0. The molecule has 0 unspecified atom stereocenters. The van der Waals surface area contributed by atoms with E-state index in [0.717, 1.165) is 24.2 Å². The van der Waals surface area contributed by atoms with E-state index in [2.05, 4.69) is 25.7 Å². The van der Waals surface area contributed by atoms with Crippen molar-refractivity contribution in [1.29, 1.82) is 0 Å². The molecule has 1 aromatic rings. The molecule has 29 heavy (non-hydrogen) atoms. The molecule has 1 aromatic carbocycles. The van der Waals surface area contributed by atoms with Gasteiger partial charge < -0.3 is 14.2 Å². The average Bonchev–Trinajstić information content (AvgIpc) is 2.96. The predicted molar refractivity (Wildman–Crippen MR) is 112 cm³/mol. The van der Waals surface area contributed by atoms with Gasteiger partial charge in [0.15, 0.2) is 0 Å². The van der Waals surface area contributed by atoms with Gasteiger partial charge in [0, 0.05) is 0 Å². The fourth-order valence-corrected chi connectivity index (χ4v) is 3.34. The number of benzene rings is 1. The summed E-state index contributed by atoms with van der Waals surface area (Å²) in [7, 11) is 1.60. The molecule has 2 rings (SSSR count). The molecule has 2 atom stereocenters. The van der Waals surface area contributed by atoms with Crippen molar-refractivity contribution in [2.75, 3.05) is 7.11 Å². The molecule has 0 spiro atoms. The summed E-state index contributed by atoms with van der Waals surface area (Å²) in [5, 5.41) is 0. The van der Waals surface area contributed by atoms with Crippen LogP contribution in [0.4, 0.5) is 0 Å². The van der Waals surface area contributed by atoms with E-state index in [-0.39, 0.29) is 12.2 Å². The fourth-order valence-electron chi connectivity index (χ4n) is 3.34. The van der Waals surface area contributed by atoms with Crippen molar-refractivity contribution in [3.05, 3.63) is 54.1 Å². The summed E-state index contributed by atoms with van der Waals surface area (Å²) in [5.41, 5.74) is -0.168. The molecule has 1 aliphatic heterocycles. The molecule has 0 saturated carbocycles. The van der Waals surface area contributed by atoms with E-state index in [0.29, 0.717) is 6.42 Å². The molecule has 0 aromatic heterocycles. The standard InChI is InChI=1S/C24H32O5/c1-5-6-7-8-9-10-11-12-21-24(3,18(2)22(25)29-21)23(26)28-17-19-13-15-20(27-4)16-14-19/h9-10,13-16,21H,2,5-8,11-12,17H2,1,3-4H3/b10-9+/t21-,24+/m1/s1. The van der Waals surface area contributed by atoms with Gasteiger partial charge in [0.2, 0.25) is 0 Å². The molecule has 0 radical (unpaired) electrons. The molecular weight excluding hydrogens is 368 g/mol. The Morgan fingerprint density at radius 3 is 2.55 bits per heavy atom. The second-order valence-electron chi connectivity index (χ2n) is 7.54. The third-order valence-electron chi connectivity index (χ3n) is 5.46. The van der Waals surface area contributed by atoms with E-state index in [1.165, 1.54) is 19.3 Å². The molecule has 0 N–H and O–H groups in total. The Morgan fingerprint density at radius 1 is 1.21 bits per heavy atom. The van der Waals surface area contributed by atoms with Crippen molar-refractivity contribution in [2.24, 2.45) is 5.41 Å². The highest BCUT2D eigenvalue weighted by Gasteiger charge is 2.55. The first-order valence-electron chi connectivity index (χ1n) is 10.3. The minimum atomic E-state index is -1.17. The smallest absolute Gasteiger partial charge is 0.335 e. The molecule has 1 aliphatic rings. The zero-order valence-corrected chi connectivity index (χ0v) is 17.7. The Labute approximate surface area is 173 Å². The van der Waals surface area contributed by atoms with Gasteiger partial charge in [0.1, 0.15) is 23.9 Å². The predicted octanol–water partition coefficient (Wildman–Crippen LogP) is 5.14. The molecule has 1 fully saturated rings. The summed E-state index contributed by atoms with van der Waals surface area (Å²) >= 11 is 0. The molecule has 5 heteroatoms. The first-order chi connectivity index (χ1) is 13.9. The summed E-state index contributed by atoms with van der Waals surface area (Å²) in [6, 6.07) is 7.28. The van der Waals surface area contributed by atoms with Crippen LogP contribution in [-0.2, 0) is 25.7 Å². The molecule has 5 nitrogen and oxygen atoms in total. The number of carbonyl (C=O) groups excluding carboxylic acids is 2. The van der Waals surface area contributed by atoms with E-state index < -0.39 is 23.5 Å². The average molecular weight is 401 g/mol. The van der Waals surface area contributed by atoms with Crippen LogP contribution < -0.4 is 4.74 Å². The number of methoxy groups -OCH3 is 1. The zero-order valence-electron chi connectivity index (χ0n) is 17.7. The zero-order chi connectivity index (χ0) is 21.3. The monoisotopic (exact) mass is 400 g/mol. The van der Waals surface area contributed by atoms with E-state index in [1.807, 2.05) is 24.3 Å². The topological polar surface area (TPSA) is 61.8 Å². The van der Waals surface area contributed by atoms with Gasteiger partial charge in [-0.25, -0.2) is 4.79 Å². The second kappa shape index (κ2) is 10.8. The van der Waals surface area contributed by atoms with Gasteiger partial charge in [0.05, 0.1) is 12.7 Å². The van der Waals surface area contributed by atoms with Crippen LogP contribution in [-0.4, -0.2) is 25.2 Å². The first-order valence-corrected chi connectivity index (χ1v) is 10.3. The number of ether oxygens (including phenoxy) is 3. The summed E-state index contributed by atoms with van der Waals surface area (Å²) in [6.45, 7) is 7.79. The SMILES string of the molecule is C=C1C(=O)O[C@H](CC/C=C/CCCCC)[C@@]1(C)C(=O)OCc1ccc(OC)cc1. The maximum absolute atomic E-state index is 12.9. The Hall–Kier alpha value is -2.56. The lowest BCUT2D eigenvalue weighted by atomic mass is 9.78. The van der Waals surface area contributed by atoms with Crippen molar-refractivity contribution >= 4 is 11.9 Å². The minimum absolute atomic E-state index is 0.115. The van der Waals surface area contributed by atoms with Gasteiger partial charge in [-0.05, 0) is 50.3 Å². The summed E-state index contributed by atoms with van der Waals surface area (Å²) in [6.07, 6.45) is 9.62. The van der Waals surface area contributed by atoms with Gasteiger partial charge in [-0.3, -0.25) is 4.79 Å². The number of cyclic esters (lactones) is 1. The Bertz CT molecular complexity index is 734. The Kier molecular flexibility index (Phi) is 8.50. The van der Waals surface area contributed by atoms with Crippen molar-refractivity contribution in [3.63, 3.8) is 0 Å². The first kappa shape index (κ1) is 22.7. The molecule has 0 bridgehead atoms. The van der Waals surface area contributed by atoms with Gasteiger partial charge >= 0.3 is 11.9 Å². The van der Waals surface area contributed by atoms with Crippen molar-refractivity contribution in [1.82, 2.24) is 0 Å². The van der Waals surface area contributed by atoms with Crippen LogP contribution in [0.3, 0.4) is 0 Å². The van der Waals surface area contributed by atoms with Crippen LogP contribution >= 0.6 is 0 Å². The van der Waals surface area contributed by atoms with E-state index in [9.17, 15) is 9.59 Å². The molecular formula is C24H32O5. The molecule has 1 saturated heterocycles. The van der Waals surface area contributed by atoms with Crippen LogP contribution in [0.25, 0.3) is 0 Å². The summed E-state index contributed by atoms with van der Waals surface area (Å²) in [4.78, 5) is 25.0. The normalized spacial score (nSPS) is 21.4. The van der Waals surface area contributed by atoms with Crippen LogP contribution in [0.15, 0.2) is 48.6 Å². The fraction of sp³-hybridized carbons (Fsp3) is 0.500. The maximum Gasteiger partial charge on any atom is 0.335 e. The van der Waals surface area contributed by atoms with Crippen LogP contribution in [0, 0.1) is 5.41 Å². The number of hydrogen-bond acceptors (Lipinski definition) is 5. The highest BCUT2D eigenvalue weighted by atomic mass is 16.6. The second-order valence-corrected chi connectivity index (χ2v) is 7.54. The maximum atomic E-state index is 12.9.